The lowest BCUT2D eigenvalue weighted by molar-refractivity contribution is -0.153. The van der Waals surface area contributed by atoms with Crippen molar-refractivity contribution < 1.29 is 19.0 Å². The van der Waals surface area contributed by atoms with Crippen LogP contribution < -0.4 is 0 Å². The van der Waals surface area contributed by atoms with Crippen LogP contribution in [0.5, 0.6) is 0 Å². The van der Waals surface area contributed by atoms with E-state index in [-0.39, 0.29) is 11.9 Å². The predicted octanol–water partition coefficient (Wildman–Crippen LogP) is 4.14. The maximum Gasteiger partial charge on any atom is 0.309 e. The highest BCUT2D eigenvalue weighted by atomic mass is 16.5. The molecule has 2 unspecified atom stereocenters. The molecule has 1 aliphatic rings. The first-order valence-corrected chi connectivity index (χ1v) is 9.12. The van der Waals surface area contributed by atoms with Gasteiger partial charge in [-0.1, -0.05) is 31.9 Å². The molecule has 2 atom stereocenters. The van der Waals surface area contributed by atoms with Crippen molar-refractivity contribution in [3.63, 3.8) is 0 Å². The number of hydrogen-bond donors (Lipinski definition) is 0. The third-order valence-electron chi connectivity index (χ3n) is 4.47. The number of esters is 1. The monoisotopic (exact) mass is 326 g/mol. The van der Waals surface area contributed by atoms with Crippen LogP contribution in [0.4, 0.5) is 0 Å². The lowest BCUT2D eigenvalue weighted by atomic mass is 9.93. The fourth-order valence-electron chi connectivity index (χ4n) is 2.86. The number of unbranched alkanes of at least 4 members (excludes halogenated alkanes) is 1. The molecule has 134 valence electrons. The van der Waals surface area contributed by atoms with Gasteiger partial charge in [-0.15, -0.1) is 0 Å². The second-order valence-electron chi connectivity index (χ2n) is 6.49. The van der Waals surface area contributed by atoms with Crippen molar-refractivity contribution in [3.05, 3.63) is 12.2 Å². The Balaban J connectivity index is 1.96. The van der Waals surface area contributed by atoms with E-state index in [9.17, 15) is 4.79 Å². The molecule has 4 nitrogen and oxygen atoms in total. The third-order valence-corrected chi connectivity index (χ3v) is 4.47. The summed E-state index contributed by atoms with van der Waals surface area (Å²) in [6.07, 6.45) is 7.40. The maximum atomic E-state index is 11.5. The van der Waals surface area contributed by atoms with Crippen LogP contribution in [-0.4, -0.2) is 39.0 Å². The van der Waals surface area contributed by atoms with Crippen LogP contribution in [-0.2, 0) is 19.0 Å². The van der Waals surface area contributed by atoms with Gasteiger partial charge in [-0.05, 0) is 44.9 Å². The normalized spacial score (nSPS) is 19.4. The molecule has 0 saturated carbocycles. The zero-order valence-corrected chi connectivity index (χ0v) is 15.0. The van der Waals surface area contributed by atoms with Gasteiger partial charge >= 0.3 is 5.97 Å². The molecule has 1 heterocycles. The number of allylic oxidation sites excluding steroid dienone is 1. The van der Waals surface area contributed by atoms with E-state index in [0.717, 1.165) is 32.3 Å². The molecule has 1 aliphatic heterocycles. The minimum absolute atomic E-state index is 0.0274. The molecule has 0 amide bonds. The van der Waals surface area contributed by atoms with Gasteiger partial charge in [0.2, 0.25) is 0 Å². The van der Waals surface area contributed by atoms with Crippen molar-refractivity contribution in [1.29, 1.82) is 0 Å². The van der Waals surface area contributed by atoms with Crippen LogP contribution in [0.15, 0.2) is 12.2 Å². The number of carbonyl (C=O) groups is 1. The van der Waals surface area contributed by atoms with Crippen LogP contribution in [0.25, 0.3) is 0 Å². The summed E-state index contributed by atoms with van der Waals surface area (Å²) in [5, 5.41) is 0. The van der Waals surface area contributed by atoms with Crippen molar-refractivity contribution in [3.8, 4) is 0 Å². The van der Waals surface area contributed by atoms with Gasteiger partial charge < -0.3 is 14.2 Å². The predicted molar refractivity (Wildman–Crippen MR) is 92.4 cm³/mol. The van der Waals surface area contributed by atoms with E-state index >= 15 is 0 Å². The molecule has 0 bridgehead atoms. The summed E-state index contributed by atoms with van der Waals surface area (Å²) < 4.78 is 16.2. The highest BCUT2D eigenvalue weighted by molar-refractivity contribution is 5.72. The lowest BCUT2D eigenvalue weighted by Gasteiger charge is -2.20. The van der Waals surface area contributed by atoms with E-state index in [0.29, 0.717) is 32.3 Å². The smallest absolute Gasteiger partial charge is 0.309 e. The highest BCUT2D eigenvalue weighted by Gasteiger charge is 2.23. The van der Waals surface area contributed by atoms with E-state index in [1.54, 1.807) is 0 Å². The molecule has 0 spiro atoms. The Kier molecular flexibility index (Phi) is 11.0. The zero-order valence-electron chi connectivity index (χ0n) is 15.0. The lowest BCUT2D eigenvalue weighted by Crippen LogP contribution is -2.25. The van der Waals surface area contributed by atoms with Crippen molar-refractivity contribution in [2.75, 3.05) is 33.0 Å². The van der Waals surface area contributed by atoms with Crippen molar-refractivity contribution >= 4 is 5.97 Å². The van der Waals surface area contributed by atoms with E-state index in [4.69, 9.17) is 14.2 Å². The Bertz CT molecular complexity index is 340. The first-order chi connectivity index (χ1) is 11.1. The minimum Gasteiger partial charge on any atom is -0.465 e. The van der Waals surface area contributed by atoms with Gasteiger partial charge in [0.05, 0.1) is 25.7 Å². The zero-order chi connectivity index (χ0) is 16.9. The van der Waals surface area contributed by atoms with Gasteiger partial charge in [0.1, 0.15) is 0 Å². The van der Waals surface area contributed by atoms with E-state index in [2.05, 4.69) is 20.4 Å². The minimum atomic E-state index is -0.0611. The summed E-state index contributed by atoms with van der Waals surface area (Å²) in [4.78, 5) is 11.5. The summed E-state index contributed by atoms with van der Waals surface area (Å²) in [7, 11) is 0. The first kappa shape index (κ1) is 20.2. The number of hydrogen-bond acceptors (Lipinski definition) is 4. The Hall–Kier alpha value is -0.870. The topological polar surface area (TPSA) is 44.8 Å². The first-order valence-electron chi connectivity index (χ1n) is 9.12. The van der Waals surface area contributed by atoms with Crippen LogP contribution in [0.3, 0.4) is 0 Å². The Labute approximate surface area is 141 Å². The van der Waals surface area contributed by atoms with Crippen LogP contribution in [0.1, 0.15) is 58.8 Å². The van der Waals surface area contributed by atoms with E-state index in [1.165, 1.54) is 24.8 Å². The molecule has 0 N–H and O–H groups in total. The van der Waals surface area contributed by atoms with E-state index in [1.807, 2.05) is 0 Å². The average Bonchev–Trinajstić information content (AvgIpc) is 2.54. The molecule has 1 fully saturated rings. The molecule has 0 radical (unpaired) electrons. The fraction of sp³-hybridized carbons (Fsp3) is 0.842. The van der Waals surface area contributed by atoms with Crippen molar-refractivity contribution in [2.45, 2.75) is 58.8 Å². The molecule has 1 saturated heterocycles. The Morgan fingerprint density at radius 2 is 2.00 bits per heavy atom. The van der Waals surface area contributed by atoms with E-state index < -0.39 is 0 Å². The number of rotatable bonds is 13. The van der Waals surface area contributed by atoms with Crippen LogP contribution in [0.2, 0.25) is 0 Å². The molecule has 4 heteroatoms. The molecule has 23 heavy (non-hydrogen) atoms. The van der Waals surface area contributed by atoms with Gasteiger partial charge in [0.15, 0.2) is 0 Å². The number of ether oxygens (including phenoxy) is 3. The second-order valence-corrected chi connectivity index (χ2v) is 6.49. The van der Waals surface area contributed by atoms with Crippen molar-refractivity contribution in [1.82, 2.24) is 0 Å². The molecule has 0 aromatic carbocycles. The van der Waals surface area contributed by atoms with Gasteiger partial charge in [-0.2, -0.15) is 0 Å². The van der Waals surface area contributed by atoms with Crippen LogP contribution >= 0.6 is 0 Å². The Morgan fingerprint density at radius 3 is 2.65 bits per heavy atom. The molecular weight excluding hydrogens is 292 g/mol. The highest BCUT2D eigenvalue weighted by Crippen LogP contribution is 2.20. The molecule has 0 aromatic rings. The largest absolute Gasteiger partial charge is 0.465 e. The average molecular weight is 326 g/mol. The second kappa shape index (κ2) is 12.5. The van der Waals surface area contributed by atoms with Gasteiger partial charge in [0.25, 0.3) is 0 Å². The molecule has 0 aliphatic carbocycles. The Morgan fingerprint density at radius 1 is 1.26 bits per heavy atom. The van der Waals surface area contributed by atoms with Gasteiger partial charge in [-0.3, -0.25) is 4.79 Å². The quantitative estimate of drug-likeness (QED) is 0.290. The van der Waals surface area contributed by atoms with Gasteiger partial charge in [-0.25, -0.2) is 0 Å². The maximum absolute atomic E-state index is 11.5. The standard InChI is InChI=1S/C19H34O4/c1-4-5-7-17(16(2)3)9-12-21-14-15-22-13-10-18-8-6-11-23-19(18)20/h17-18H,2,4-15H2,1,3H3. The van der Waals surface area contributed by atoms with Crippen molar-refractivity contribution in [2.24, 2.45) is 11.8 Å². The molecule has 0 aromatic heterocycles. The third kappa shape index (κ3) is 9.11. The summed E-state index contributed by atoms with van der Waals surface area (Å²) in [6.45, 7) is 11.6. The summed E-state index contributed by atoms with van der Waals surface area (Å²) in [5.41, 5.74) is 1.26. The fourth-order valence-corrected chi connectivity index (χ4v) is 2.86. The molecule has 1 rings (SSSR count). The van der Waals surface area contributed by atoms with Crippen LogP contribution in [0, 0.1) is 11.8 Å². The summed E-state index contributed by atoms with van der Waals surface area (Å²) >= 11 is 0. The number of cyclic esters (lactones) is 1. The summed E-state index contributed by atoms with van der Waals surface area (Å²) in [6, 6.07) is 0. The summed E-state index contributed by atoms with van der Waals surface area (Å²) in [5.74, 6) is 0.543. The molecular formula is C19H34O4. The number of carbonyl (C=O) groups excluding carboxylic acids is 1. The SMILES string of the molecule is C=C(C)C(CCCC)CCOCCOCCC1CCCOC1=O. The van der Waals surface area contributed by atoms with Gasteiger partial charge in [0, 0.05) is 13.2 Å².